The van der Waals surface area contributed by atoms with Crippen molar-refractivity contribution in [3.8, 4) is 0 Å². The average Bonchev–Trinajstić information content (AvgIpc) is 2.99. The first-order valence-corrected chi connectivity index (χ1v) is 8.68. The van der Waals surface area contributed by atoms with Crippen LogP contribution in [0.4, 0.5) is 0 Å². The summed E-state index contributed by atoms with van der Waals surface area (Å²) in [5.74, 6) is -0.135. The molecule has 2 amide bonds. The van der Waals surface area contributed by atoms with Gasteiger partial charge in [0.1, 0.15) is 6.10 Å². The van der Waals surface area contributed by atoms with E-state index in [4.69, 9.17) is 4.74 Å². The third-order valence-corrected chi connectivity index (χ3v) is 4.81. The van der Waals surface area contributed by atoms with Gasteiger partial charge in [-0.25, -0.2) is 0 Å². The van der Waals surface area contributed by atoms with E-state index in [2.05, 4.69) is 24.3 Å². The Labute approximate surface area is 142 Å². The number of hydrogen-bond acceptors (Lipinski definition) is 4. The molecule has 2 fully saturated rings. The molecule has 0 spiro atoms. The molecule has 2 atom stereocenters. The van der Waals surface area contributed by atoms with Crippen LogP contribution in [0.1, 0.15) is 51.5 Å². The summed E-state index contributed by atoms with van der Waals surface area (Å²) in [5, 5.41) is 7.43. The van der Waals surface area contributed by atoms with Crippen LogP contribution >= 0.6 is 0 Å². The zero-order valence-corrected chi connectivity index (χ0v) is 14.6. The molecule has 1 N–H and O–H groups in total. The smallest absolute Gasteiger partial charge is 0.226 e. The fraction of sp³-hybridized carbons (Fsp3) is 0.706. The third kappa shape index (κ3) is 3.31. The van der Waals surface area contributed by atoms with Crippen LogP contribution in [-0.2, 0) is 14.3 Å². The lowest BCUT2D eigenvalue weighted by atomic mass is 9.90. The average molecular weight is 334 g/mol. The predicted octanol–water partition coefficient (Wildman–Crippen LogP) is 1.28. The summed E-state index contributed by atoms with van der Waals surface area (Å²) >= 11 is 0. The number of rotatable bonds is 4. The highest BCUT2D eigenvalue weighted by molar-refractivity contribution is 5.80. The molecule has 0 saturated carbocycles. The van der Waals surface area contributed by atoms with E-state index in [1.54, 1.807) is 18.0 Å². The van der Waals surface area contributed by atoms with Crippen molar-refractivity contribution in [1.29, 1.82) is 0 Å². The lowest BCUT2D eigenvalue weighted by Gasteiger charge is -2.40. The Balaban J connectivity index is 1.67. The topological polar surface area (TPSA) is 76.5 Å². The van der Waals surface area contributed by atoms with E-state index >= 15 is 0 Å². The number of nitrogens with one attached hydrogen (secondary N) is 1. The van der Waals surface area contributed by atoms with Gasteiger partial charge in [-0.1, -0.05) is 0 Å². The molecule has 24 heavy (non-hydrogen) atoms. The number of hydrogen-bond donors (Lipinski definition) is 1. The quantitative estimate of drug-likeness (QED) is 0.900. The van der Waals surface area contributed by atoms with Gasteiger partial charge in [-0.2, -0.15) is 5.10 Å². The SMILES string of the molecule is CC(=O)N1CC(NC(=O)[C@@H]2CCCO[C@H]2c2ccnn2C(C)C)C1. The highest BCUT2D eigenvalue weighted by Gasteiger charge is 2.38. The van der Waals surface area contributed by atoms with E-state index in [1.165, 1.54) is 0 Å². The fourth-order valence-electron chi connectivity index (χ4n) is 3.46. The summed E-state index contributed by atoms with van der Waals surface area (Å²) in [7, 11) is 0. The summed E-state index contributed by atoms with van der Waals surface area (Å²) in [6, 6.07) is 2.22. The first-order valence-electron chi connectivity index (χ1n) is 8.68. The molecule has 0 bridgehead atoms. The van der Waals surface area contributed by atoms with E-state index in [0.29, 0.717) is 19.7 Å². The number of carbonyl (C=O) groups excluding carboxylic acids is 2. The van der Waals surface area contributed by atoms with Crippen molar-refractivity contribution in [3.63, 3.8) is 0 Å². The van der Waals surface area contributed by atoms with E-state index in [1.807, 2.05) is 10.7 Å². The molecule has 0 unspecified atom stereocenters. The first kappa shape index (κ1) is 17.0. The Kier molecular flexibility index (Phi) is 4.89. The first-order chi connectivity index (χ1) is 11.5. The van der Waals surface area contributed by atoms with Crippen molar-refractivity contribution in [2.45, 2.75) is 51.8 Å². The van der Waals surface area contributed by atoms with Crippen LogP contribution in [0.25, 0.3) is 0 Å². The number of amides is 2. The maximum Gasteiger partial charge on any atom is 0.226 e. The lowest BCUT2D eigenvalue weighted by Crippen LogP contribution is -2.61. The largest absolute Gasteiger partial charge is 0.371 e. The third-order valence-electron chi connectivity index (χ3n) is 4.81. The normalized spacial score (nSPS) is 24.8. The molecule has 7 nitrogen and oxygen atoms in total. The van der Waals surface area contributed by atoms with Crippen LogP contribution in [0.3, 0.4) is 0 Å². The highest BCUT2D eigenvalue weighted by Crippen LogP contribution is 2.34. The standard InChI is InChI=1S/C17H26N4O3/c1-11(2)21-15(6-7-18-21)16-14(5-4-8-24-16)17(23)19-13-9-20(10-13)12(3)22/h6-7,11,13-14,16H,4-5,8-10H2,1-3H3,(H,19,23)/t14-,16-/m1/s1. The number of likely N-dealkylation sites (tertiary alicyclic amines) is 1. The van der Waals surface area contributed by atoms with Gasteiger partial charge in [-0.05, 0) is 32.8 Å². The van der Waals surface area contributed by atoms with Crippen molar-refractivity contribution in [3.05, 3.63) is 18.0 Å². The van der Waals surface area contributed by atoms with Crippen molar-refractivity contribution in [1.82, 2.24) is 20.0 Å². The molecule has 2 aliphatic heterocycles. The second kappa shape index (κ2) is 6.93. The van der Waals surface area contributed by atoms with Crippen LogP contribution in [0, 0.1) is 5.92 Å². The van der Waals surface area contributed by atoms with Gasteiger partial charge >= 0.3 is 0 Å². The molecule has 7 heteroatoms. The Hall–Kier alpha value is -1.89. The van der Waals surface area contributed by atoms with Crippen LogP contribution in [-0.4, -0.2) is 52.2 Å². The molecular weight excluding hydrogens is 308 g/mol. The molecule has 2 aliphatic rings. The van der Waals surface area contributed by atoms with Crippen molar-refractivity contribution >= 4 is 11.8 Å². The highest BCUT2D eigenvalue weighted by atomic mass is 16.5. The lowest BCUT2D eigenvalue weighted by molar-refractivity contribution is -0.141. The van der Waals surface area contributed by atoms with Crippen LogP contribution in [0.5, 0.6) is 0 Å². The number of carbonyl (C=O) groups is 2. The van der Waals surface area contributed by atoms with Gasteiger partial charge in [0.05, 0.1) is 17.7 Å². The molecule has 132 valence electrons. The van der Waals surface area contributed by atoms with E-state index < -0.39 is 0 Å². The zero-order valence-electron chi connectivity index (χ0n) is 14.6. The van der Waals surface area contributed by atoms with Gasteiger partial charge in [0, 0.05) is 38.9 Å². The minimum atomic E-state index is -0.257. The molecule has 0 aliphatic carbocycles. The van der Waals surface area contributed by atoms with Gasteiger partial charge in [0.25, 0.3) is 0 Å². The Morgan fingerprint density at radius 1 is 1.38 bits per heavy atom. The maximum atomic E-state index is 12.7. The van der Waals surface area contributed by atoms with Gasteiger partial charge in [0.2, 0.25) is 11.8 Å². The summed E-state index contributed by atoms with van der Waals surface area (Å²) in [4.78, 5) is 25.7. The second-order valence-corrected chi connectivity index (χ2v) is 6.96. The Morgan fingerprint density at radius 3 is 2.79 bits per heavy atom. The molecule has 1 aromatic rings. The molecule has 0 aromatic carbocycles. The fourth-order valence-corrected chi connectivity index (χ4v) is 3.46. The van der Waals surface area contributed by atoms with Gasteiger partial charge in [-0.3, -0.25) is 14.3 Å². The van der Waals surface area contributed by atoms with Crippen LogP contribution in [0.15, 0.2) is 12.3 Å². The zero-order chi connectivity index (χ0) is 17.3. The molecular formula is C17H26N4O3. The molecule has 1 aromatic heterocycles. The monoisotopic (exact) mass is 334 g/mol. The van der Waals surface area contributed by atoms with Crippen molar-refractivity contribution < 1.29 is 14.3 Å². The Morgan fingerprint density at radius 2 is 2.12 bits per heavy atom. The maximum absolute atomic E-state index is 12.7. The minimum absolute atomic E-state index is 0.0180. The Bertz CT molecular complexity index is 607. The molecule has 0 radical (unpaired) electrons. The van der Waals surface area contributed by atoms with E-state index in [9.17, 15) is 9.59 Å². The predicted molar refractivity (Wildman–Crippen MR) is 88.2 cm³/mol. The molecule has 2 saturated heterocycles. The minimum Gasteiger partial charge on any atom is -0.371 e. The van der Waals surface area contributed by atoms with Crippen molar-refractivity contribution in [2.24, 2.45) is 5.92 Å². The summed E-state index contributed by atoms with van der Waals surface area (Å²) in [6.07, 6.45) is 3.20. The van der Waals surface area contributed by atoms with Gasteiger partial charge in [0.15, 0.2) is 0 Å². The van der Waals surface area contributed by atoms with Crippen molar-refractivity contribution in [2.75, 3.05) is 19.7 Å². The number of ether oxygens (including phenoxy) is 1. The summed E-state index contributed by atoms with van der Waals surface area (Å²) < 4.78 is 7.88. The van der Waals surface area contributed by atoms with Gasteiger partial charge in [-0.15, -0.1) is 0 Å². The van der Waals surface area contributed by atoms with E-state index in [0.717, 1.165) is 18.5 Å². The summed E-state index contributed by atoms with van der Waals surface area (Å²) in [6.45, 7) is 7.56. The number of aromatic nitrogens is 2. The molecule has 3 heterocycles. The second-order valence-electron chi connectivity index (χ2n) is 6.96. The van der Waals surface area contributed by atoms with E-state index in [-0.39, 0.29) is 35.9 Å². The van der Waals surface area contributed by atoms with Gasteiger partial charge < -0.3 is 15.0 Å². The number of nitrogens with zero attached hydrogens (tertiary/aromatic N) is 3. The molecule has 3 rings (SSSR count). The van der Waals surface area contributed by atoms with Crippen LogP contribution < -0.4 is 5.32 Å². The van der Waals surface area contributed by atoms with Crippen LogP contribution in [0.2, 0.25) is 0 Å². The summed E-state index contributed by atoms with van der Waals surface area (Å²) in [5.41, 5.74) is 0.962.